The first-order chi connectivity index (χ1) is 9.20. The van der Waals surface area contributed by atoms with E-state index >= 15 is 0 Å². The molecule has 0 aliphatic rings. The minimum absolute atomic E-state index is 0.723. The standard InChI is InChI=1S/C14H13BrN4/c1-2-19-13(9-5-6-11(16)10(15)8-9)18-12-4-3-7-17-14(12)19/h3-8H,2,16H2,1H3. The van der Waals surface area contributed by atoms with Crippen molar-refractivity contribution in [2.45, 2.75) is 13.5 Å². The van der Waals surface area contributed by atoms with Crippen molar-refractivity contribution in [1.29, 1.82) is 0 Å². The summed E-state index contributed by atoms with van der Waals surface area (Å²) in [5, 5.41) is 0. The normalized spacial score (nSPS) is 11.1. The molecule has 0 fully saturated rings. The zero-order valence-electron chi connectivity index (χ0n) is 10.5. The molecule has 96 valence electrons. The van der Waals surface area contributed by atoms with Gasteiger partial charge >= 0.3 is 0 Å². The van der Waals surface area contributed by atoms with E-state index in [-0.39, 0.29) is 0 Å². The topological polar surface area (TPSA) is 56.7 Å². The van der Waals surface area contributed by atoms with E-state index in [9.17, 15) is 0 Å². The number of aryl methyl sites for hydroxylation is 1. The van der Waals surface area contributed by atoms with Gasteiger partial charge in [0.2, 0.25) is 0 Å². The third kappa shape index (κ3) is 2.00. The van der Waals surface area contributed by atoms with Crippen molar-refractivity contribution in [3.8, 4) is 11.4 Å². The molecule has 1 aromatic carbocycles. The maximum Gasteiger partial charge on any atom is 0.160 e. The monoisotopic (exact) mass is 316 g/mol. The number of nitrogen functional groups attached to an aromatic ring is 1. The summed E-state index contributed by atoms with van der Waals surface area (Å²) < 4.78 is 2.99. The molecule has 2 N–H and O–H groups in total. The fourth-order valence-electron chi connectivity index (χ4n) is 2.14. The molecule has 0 saturated carbocycles. The van der Waals surface area contributed by atoms with Gasteiger partial charge in [-0.05, 0) is 53.2 Å². The quantitative estimate of drug-likeness (QED) is 0.736. The third-order valence-electron chi connectivity index (χ3n) is 3.08. The van der Waals surface area contributed by atoms with Gasteiger partial charge in [0, 0.05) is 28.5 Å². The van der Waals surface area contributed by atoms with Crippen LogP contribution < -0.4 is 5.73 Å². The summed E-state index contributed by atoms with van der Waals surface area (Å²) in [6, 6.07) is 9.73. The lowest BCUT2D eigenvalue weighted by Gasteiger charge is -2.06. The average molecular weight is 317 g/mol. The Balaban J connectivity index is 2.26. The summed E-state index contributed by atoms with van der Waals surface area (Å²) in [6.07, 6.45) is 1.79. The molecule has 5 heteroatoms. The van der Waals surface area contributed by atoms with Gasteiger partial charge in [-0.2, -0.15) is 0 Å². The van der Waals surface area contributed by atoms with E-state index in [2.05, 4.69) is 37.4 Å². The van der Waals surface area contributed by atoms with Gasteiger partial charge in [-0.3, -0.25) is 0 Å². The number of halogens is 1. The molecule has 4 nitrogen and oxygen atoms in total. The Bertz CT molecular complexity index is 748. The van der Waals surface area contributed by atoms with Gasteiger partial charge < -0.3 is 10.3 Å². The number of rotatable bonds is 2. The zero-order chi connectivity index (χ0) is 13.4. The predicted molar refractivity (Wildman–Crippen MR) is 80.8 cm³/mol. The lowest BCUT2D eigenvalue weighted by molar-refractivity contribution is 0.787. The van der Waals surface area contributed by atoms with E-state index < -0.39 is 0 Å². The molecular weight excluding hydrogens is 304 g/mol. The number of benzene rings is 1. The van der Waals surface area contributed by atoms with Crippen LogP contribution in [0.25, 0.3) is 22.6 Å². The molecular formula is C14H13BrN4. The summed E-state index contributed by atoms with van der Waals surface area (Å²) in [7, 11) is 0. The largest absolute Gasteiger partial charge is 0.398 e. The van der Waals surface area contributed by atoms with Gasteiger partial charge in [0.15, 0.2) is 5.65 Å². The summed E-state index contributed by atoms with van der Waals surface area (Å²) in [6.45, 7) is 2.91. The van der Waals surface area contributed by atoms with Crippen molar-refractivity contribution in [2.75, 3.05) is 5.73 Å². The van der Waals surface area contributed by atoms with Gasteiger partial charge in [-0.1, -0.05) is 0 Å². The van der Waals surface area contributed by atoms with E-state index in [1.54, 1.807) is 6.20 Å². The van der Waals surface area contributed by atoms with Gasteiger partial charge in [-0.25, -0.2) is 9.97 Å². The fourth-order valence-corrected chi connectivity index (χ4v) is 2.52. The van der Waals surface area contributed by atoms with Crippen LogP contribution in [0, 0.1) is 0 Å². The van der Waals surface area contributed by atoms with Gasteiger partial charge in [-0.15, -0.1) is 0 Å². The van der Waals surface area contributed by atoms with E-state index in [0.29, 0.717) is 0 Å². The number of nitrogens with zero attached hydrogens (tertiary/aromatic N) is 3. The Labute approximate surface area is 119 Å². The second kappa shape index (κ2) is 4.66. The molecule has 0 atom stereocenters. The van der Waals surface area contributed by atoms with E-state index in [4.69, 9.17) is 5.73 Å². The number of hydrogen-bond donors (Lipinski definition) is 1. The van der Waals surface area contributed by atoms with Gasteiger partial charge in [0.05, 0.1) is 0 Å². The maximum absolute atomic E-state index is 5.83. The fraction of sp³-hybridized carbons (Fsp3) is 0.143. The average Bonchev–Trinajstić information content (AvgIpc) is 2.80. The number of imidazole rings is 1. The van der Waals surface area contributed by atoms with Crippen LogP contribution in [-0.4, -0.2) is 14.5 Å². The molecule has 0 spiro atoms. The Morgan fingerprint density at radius 3 is 2.89 bits per heavy atom. The number of nitrogens with two attached hydrogens (primary N) is 1. The summed E-state index contributed by atoms with van der Waals surface area (Å²) in [5.74, 6) is 0.914. The molecule has 2 aromatic heterocycles. The van der Waals surface area contributed by atoms with Gasteiger partial charge in [0.25, 0.3) is 0 Å². The van der Waals surface area contributed by atoms with Crippen molar-refractivity contribution < 1.29 is 0 Å². The Hall–Kier alpha value is -1.88. The van der Waals surface area contributed by atoms with Crippen molar-refractivity contribution in [2.24, 2.45) is 0 Å². The van der Waals surface area contributed by atoms with Crippen molar-refractivity contribution in [3.63, 3.8) is 0 Å². The lowest BCUT2D eigenvalue weighted by atomic mass is 10.2. The zero-order valence-corrected chi connectivity index (χ0v) is 12.1. The van der Waals surface area contributed by atoms with Crippen LogP contribution in [-0.2, 0) is 6.54 Å². The highest BCUT2D eigenvalue weighted by atomic mass is 79.9. The minimum atomic E-state index is 0.723. The Morgan fingerprint density at radius 2 is 2.16 bits per heavy atom. The molecule has 19 heavy (non-hydrogen) atoms. The van der Waals surface area contributed by atoms with Crippen LogP contribution in [0.1, 0.15) is 6.92 Å². The molecule has 0 aliphatic carbocycles. The molecule has 0 aliphatic heterocycles. The smallest absolute Gasteiger partial charge is 0.160 e. The first-order valence-corrected chi connectivity index (χ1v) is 6.86. The first kappa shape index (κ1) is 12.2. The number of hydrogen-bond acceptors (Lipinski definition) is 3. The number of pyridine rings is 1. The van der Waals surface area contributed by atoms with Crippen LogP contribution >= 0.6 is 15.9 Å². The first-order valence-electron chi connectivity index (χ1n) is 6.07. The van der Waals surface area contributed by atoms with Crippen molar-refractivity contribution >= 4 is 32.8 Å². The number of fused-ring (bicyclic) bond motifs is 1. The van der Waals surface area contributed by atoms with Crippen molar-refractivity contribution in [1.82, 2.24) is 14.5 Å². The minimum Gasteiger partial charge on any atom is -0.398 e. The van der Waals surface area contributed by atoms with Crippen LogP contribution in [0.15, 0.2) is 41.0 Å². The SMILES string of the molecule is CCn1c(-c2ccc(N)c(Br)c2)nc2cccnc21. The van der Waals surface area contributed by atoms with Crippen LogP contribution in [0.4, 0.5) is 5.69 Å². The second-order valence-electron chi connectivity index (χ2n) is 4.26. The van der Waals surface area contributed by atoms with E-state index in [1.807, 2.05) is 30.3 Å². The van der Waals surface area contributed by atoms with Crippen LogP contribution in [0.5, 0.6) is 0 Å². The predicted octanol–water partition coefficient (Wildman–Crippen LogP) is 3.46. The molecule has 0 radical (unpaired) electrons. The summed E-state index contributed by atoms with van der Waals surface area (Å²) in [4.78, 5) is 9.07. The highest BCUT2D eigenvalue weighted by molar-refractivity contribution is 9.10. The molecule has 3 aromatic rings. The summed E-state index contributed by atoms with van der Waals surface area (Å²) in [5.41, 5.74) is 9.40. The number of aromatic nitrogens is 3. The van der Waals surface area contributed by atoms with Crippen LogP contribution in [0.3, 0.4) is 0 Å². The Morgan fingerprint density at radius 1 is 1.32 bits per heavy atom. The van der Waals surface area contributed by atoms with Crippen LogP contribution in [0.2, 0.25) is 0 Å². The third-order valence-corrected chi connectivity index (χ3v) is 3.77. The van der Waals surface area contributed by atoms with E-state index in [1.165, 1.54) is 0 Å². The molecule has 0 unspecified atom stereocenters. The van der Waals surface area contributed by atoms with Crippen molar-refractivity contribution in [3.05, 3.63) is 41.0 Å². The molecule has 0 amide bonds. The van der Waals surface area contributed by atoms with E-state index in [0.717, 1.165) is 39.3 Å². The highest BCUT2D eigenvalue weighted by Crippen LogP contribution is 2.28. The molecule has 3 rings (SSSR count). The second-order valence-corrected chi connectivity index (χ2v) is 5.12. The summed E-state index contributed by atoms with van der Waals surface area (Å²) >= 11 is 3.46. The van der Waals surface area contributed by atoms with Gasteiger partial charge in [0.1, 0.15) is 11.3 Å². The Kier molecular flexibility index (Phi) is 2.98. The molecule has 0 bridgehead atoms. The molecule has 0 saturated heterocycles. The lowest BCUT2D eigenvalue weighted by Crippen LogP contribution is -1.99. The number of anilines is 1. The molecule has 2 heterocycles. The maximum atomic E-state index is 5.83. The highest BCUT2D eigenvalue weighted by Gasteiger charge is 2.12.